The molecule has 8 amide bonds. The molecule has 0 saturated heterocycles. The van der Waals surface area contributed by atoms with Crippen LogP contribution in [0.3, 0.4) is 0 Å². The summed E-state index contributed by atoms with van der Waals surface area (Å²) in [7, 11) is 0. The molecule has 2 heterocycles. The number of aromatic hydroxyl groups is 4. The summed E-state index contributed by atoms with van der Waals surface area (Å²) in [6.45, 7) is 3.14. The molecule has 0 spiro atoms. The highest BCUT2D eigenvalue weighted by Crippen LogP contribution is 2.25. The third kappa shape index (κ3) is 15.1. The summed E-state index contributed by atoms with van der Waals surface area (Å²) >= 11 is 0. The van der Waals surface area contributed by atoms with E-state index >= 15 is 0 Å². The van der Waals surface area contributed by atoms with Gasteiger partial charge in [-0.3, -0.25) is 48.2 Å². The third-order valence-electron chi connectivity index (χ3n) is 12.0. The number of phenols is 4. The highest BCUT2D eigenvalue weighted by Gasteiger charge is 2.24. The predicted octanol–water partition coefficient (Wildman–Crippen LogP) is -1.74. The fourth-order valence-corrected chi connectivity index (χ4v) is 7.97. The first-order valence-electron chi connectivity index (χ1n) is 24.1. The predicted molar refractivity (Wildman–Crippen MR) is 270 cm³/mol. The number of carbonyl (C=O) groups is 8. The topological polar surface area (TPSA) is 344 Å². The Balaban J connectivity index is 1.21. The first-order valence-corrected chi connectivity index (χ1v) is 24.1. The van der Waals surface area contributed by atoms with E-state index in [2.05, 4.69) is 53.2 Å². The van der Waals surface area contributed by atoms with Crippen LogP contribution >= 0.6 is 0 Å². The van der Waals surface area contributed by atoms with Crippen molar-refractivity contribution >= 4 is 47.3 Å². The van der Waals surface area contributed by atoms with Gasteiger partial charge in [-0.05, 0) is 48.5 Å². The Morgan fingerprint density at radius 1 is 0.284 bits per heavy atom. The minimum absolute atomic E-state index is 0.0242. The molecule has 2 aliphatic heterocycles. The van der Waals surface area contributed by atoms with Gasteiger partial charge in [0.15, 0.2) is 0 Å². The zero-order valence-electron chi connectivity index (χ0n) is 40.6. The van der Waals surface area contributed by atoms with E-state index in [4.69, 9.17) is 0 Å². The lowest BCUT2D eigenvalue weighted by molar-refractivity contribution is 0.0915. The van der Waals surface area contributed by atoms with Crippen LogP contribution in [0.2, 0.25) is 0 Å². The van der Waals surface area contributed by atoms with E-state index in [1.54, 1.807) is 0 Å². The summed E-state index contributed by atoms with van der Waals surface area (Å²) in [4.78, 5) is 110. The van der Waals surface area contributed by atoms with Gasteiger partial charge in [0.25, 0.3) is 47.3 Å². The molecule has 0 fully saturated rings. The van der Waals surface area contributed by atoms with E-state index < -0.39 is 70.3 Å². The highest BCUT2D eigenvalue weighted by molar-refractivity contribution is 6.06. The number of fused-ring (bicyclic) bond motifs is 8. The van der Waals surface area contributed by atoms with Crippen molar-refractivity contribution in [2.45, 2.75) is 0 Å². The summed E-state index contributed by atoms with van der Waals surface area (Å²) in [5.41, 5.74) is -1.01. The lowest BCUT2D eigenvalue weighted by Gasteiger charge is -2.28. The van der Waals surface area contributed by atoms with E-state index in [-0.39, 0.29) is 136 Å². The lowest BCUT2D eigenvalue weighted by atomic mass is 10.1. The van der Waals surface area contributed by atoms with E-state index in [0.29, 0.717) is 26.2 Å². The van der Waals surface area contributed by atoms with Crippen molar-refractivity contribution in [3.8, 4) is 23.0 Å². The number of amides is 8. The van der Waals surface area contributed by atoms with Gasteiger partial charge in [-0.15, -0.1) is 0 Å². The van der Waals surface area contributed by atoms with Crippen molar-refractivity contribution < 1.29 is 58.8 Å². The number of nitrogens with one attached hydrogen (secondary N) is 10. The largest absolute Gasteiger partial charge is 0.506 e. The van der Waals surface area contributed by atoms with E-state index in [1.165, 1.54) is 72.8 Å². The molecular weight excluding hydrogens is 961 g/mol. The molecule has 4 aromatic carbocycles. The first kappa shape index (κ1) is 55.0. The van der Waals surface area contributed by atoms with Crippen LogP contribution in [0.5, 0.6) is 23.0 Å². The monoisotopic (exact) mass is 1020 g/mol. The van der Waals surface area contributed by atoms with Gasteiger partial charge >= 0.3 is 0 Å². The van der Waals surface area contributed by atoms with Crippen LogP contribution in [-0.4, -0.2) is 195 Å². The smallest absolute Gasteiger partial charge is 0.255 e. The van der Waals surface area contributed by atoms with Gasteiger partial charge in [-0.2, -0.15) is 0 Å². The molecule has 8 bridgehead atoms. The van der Waals surface area contributed by atoms with Crippen molar-refractivity contribution in [1.29, 1.82) is 0 Å². The van der Waals surface area contributed by atoms with Gasteiger partial charge in [-0.1, -0.05) is 24.3 Å². The summed E-state index contributed by atoms with van der Waals surface area (Å²) in [5.74, 6) is -7.15. The van der Waals surface area contributed by atoms with Crippen LogP contribution in [-0.2, 0) is 0 Å². The molecule has 0 radical (unpaired) electrons. The van der Waals surface area contributed by atoms with Gasteiger partial charge in [0.1, 0.15) is 23.0 Å². The van der Waals surface area contributed by atoms with Crippen LogP contribution in [0.15, 0.2) is 72.8 Å². The molecule has 0 aromatic heterocycles. The van der Waals surface area contributed by atoms with Gasteiger partial charge in [0.05, 0.1) is 44.5 Å². The number of rotatable bonds is 3. The van der Waals surface area contributed by atoms with Crippen LogP contribution in [0, 0.1) is 0 Å². The Labute approximate surface area is 426 Å². The van der Waals surface area contributed by atoms with Gasteiger partial charge in [0, 0.05) is 118 Å². The Morgan fingerprint density at radius 3 is 0.649 bits per heavy atom. The van der Waals surface area contributed by atoms with Crippen molar-refractivity contribution in [1.82, 2.24) is 63.0 Å². The van der Waals surface area contributed by atoms with Gasteiger partial charge < -0.3 is 73.6 Å². The quantitative estimate of drug-likeness (QED) is 0.108. The summed E-state index contributed by atoms with van der Waals surface area (Å²) in [6.07, 6.45) is 0. The van der Waals surface area contributed by atoms with Crippen LogP contribution in [0.25, 0.3) is 0 Å². The molecule has 4 aromatic rings. The molecule has 74 heavy (non-hydrogen) atoms. The molecule has 0 unspecified atom stereocenters. The second kappa shape index (κ2) is 27.5. The number of hydrogen-bond donors (Lipinski definition) is 14. The lowest BCUT2D eigenvalue weighted by Crippen LogP contribution is -2.46. The second-order valence-corrected chi connectivity index (χ2v) is 17.0. The van der Waals surface area contributed by atoms with Crippen LogP contribution in [0.1, 0.15) is 82.9 Å². The molecule has 6 rings (SSSR count). The standard InChI is InChI=1S/C50H62N12O12/c63-39-31-5-1-9-35(39)47(71)57-21-25-61(26-22-58-48(72)36-10-2-6-32(40(36)64)44(68)54-18-14-51-13-17-53-43(31)67)29-30-62-27-23-59-49(73)37-11-3-7-33(41(37)65)45(69)55-19-15-52-16-20-56-46(70)34-8-4-12-38(42(34)66)50(74)60-24-28-62/h1-12,51-52,63-66H,13-30H2,(H,53,67)(H,54,68)(H,55,69)(H,56,70)(H,57,71)(H,58,72)(H,59,73)(H,60,74). The van der Waals surface area contributed by atoms with Crippen molar-refractivity contribution in [2.24, 2.45) is 0 Å². The first-order chi connectivity index (χ1) is 35.7. The third-order valence-corrected chi connectivity index (χ3v) is 12.0. The molecule has 2 aliphatic rings. The molecule has 24 heteroatoms. The molecule has 0 aliphatic carbocycles. The molecule has 394 valence electrons. The van der Waals surface area contributed by atoms with Gasteiger partial charge in [-0.25, -0.2) is 0 Å². The number of hydrogen-bond acceptors (Lipinski definition) is 16. The number of carbonyl (C=O) groups excluding carboxylic acids is 8. The fraction of sp³-hybridized carbons (Fsp3) is 0.360. The number of nitrogens with zero attached hydrogens (tertiary/aromatic N) is 2. The van der Waals surface area contributed by atoms with Crippen molar-refractivity contribution in [3.05, 3.63) is 117 Å². The average Bonchev–Trinajstić information content (AvgIpc) is 3.38. The van der Waals surface area contributed by atoms with E-state index in [9.17, 15) is 58.8 Å². The Morgan fingerprint density at radius 2 is 0.459 bits per heavy atom. The zero-order valence-corrected chi connectivity index (χ0v) is 40.6. The Kier molecular flexibility index (Phi) is 20.4. The number of phenolic OH excluding ortho intramolecular Hbond substituents is 4. The fourth-order valence-electron chi connectivity index (χ4n) is 7.97. The van der Waals surface area contributed by atoms with Crippen LogP contribution < -0.4 is 53.2 Å². The maximum atomic E-state index is 13.4. The highest BCUT2D eigenvalue weighted by atomic mass is 16.3. The summed E-state index contributed by atoms with van der Waals surface area (Å²) < 4.78 is 0. The molecule has 24 nitrogen and oxygen atoms in total. The second-order valence-electron chi connectivity index (χ2n) is 17.0. The zero-order chi connectivity index (χ0) is 53.0. The van der Waals surface area contributed by atoms with E-state index in [0.717, 1.165) is 0 Å². The Hall–Kier alpha value is -8.32. The maximum Gasteiger partial charge on any atom is 0.255 e. The normalized spacial score (nSPS) is 17.8. The van der Waals surface area contributed by atoms with Crippen LogP contribution in [0.4, 0.5) is 0 Å². The van der Waals surface area contributed by atoms with E-state index in [1.807, 2.05) is 9.80 Å². The summed E-state index contributed by atoms with van der Waals surface area (Å²) in [6, 6.07) is 16.9. The number of benzene rings is 4. The maximum absolute atomic E-state index is 13.4. The minimum atomic E-state index is -0.659. The molecule has 0 atom stereocenters. The summed E-state index contributed by atoms with van der Waals surface area (Å²) in [5, 5.41) is 71.9. The van der Waals surface area contributed by atoms with Gasteiger partial charge in [0.2, 0.25) is 0 Å². The SMILES string of the molecule is O=C1NCCNCCNC(=O)c2cccc(c2O)C(=O)NCCN(CCN2CCNC(=O)c3cccc(c3O)C(=O)NCCNCCNC(=O)c3cccc(c3O)C(=O)NCC2)CCNC(=O)c2cccc1c2O. The minimum Gasteiger partial charge on any atom is -0.506 e. The number of para-hydroxylation sites is 4. The molecule has 0 saturated carbocycles. The molecular formula is C50H62N12O12. The average molecular weight is 1020 g/mol. The van der Waals surface area contributed by atoms with Crippen molar-refractivity contribution in [2.75, 3.05) is 118 Å². The Bertz CT molecular complexity index is 2350. The van der Waals surface area contributed by atoms with Crippen molar-refractivity contribution in [3.63, 3.8) is 0 Å². The molecule has 14 N–H and O–H groups in total.